The first-order valence-corrected chi connectivity index (χ1v) is 11.9. The lowest BCUT2D eigenvalue weighted by Gasteiger charge is -2.30. The van der Waals surface area contributed by atoms with Crippen LogP contribution in [0, 0.1) is 5.92 Å². The Hall–Kier alpha value is -2.04. The van der Waals surface area contributed by atoms with Crippen molar-refractivity contribution in [2.24, 2.45) is 5.92 Å². The highest BCUT2D eigenvalue weighted by Crippen LogP contribution is 2.36. The van der Waals surface area contributed by atoms with Crippen molar-refractivity contribution in [2.75, 3.05) is 24.7 Å². The minimum absolute atomic E-state index is 0.0232. The zero-order valence-corrected chi connectivity index (χ0v) is 17.5. The average molecular weight is 422 g/mol. The first-order chi connectivity index (χ1) is 13.7. The van der Waals surface area contributed by atoms with E-state index in [1.807, 2.05) is 6.92 Å². The summed E-state index contributed by atoms with van der Waals surface area (Å²) in [6, 6.07) is 3.22. The fraction of sp³-hybridized carbons (Fsp3) is 0.632. The van der Waals surface area contributed by atoms with Gasteiger partial charge in [-0.05, 0) is 31.7 Å². The Labute approximate surface area is 169 Å². The number of nitrogens with one attached hydrogen (secondary N) is 1. The van der Waals surface area contributed by atoms with Crippen LogP contribution in [-0.4, -0.2) is 63.9 Å². The summed E-state index contributed by atoms with van der Waals surface area (Å²) in [5, 5.41) is 14.2. The molecular formula is C19H27N5O4S. The van der Waals surface area contributed by atoms with Gasteiger partial charge in [0.2, 0.25) is 16.0 Å². The van der Waals surface area contributed by atoms with Gasteiger partial charge in [0.05, 0.1) is 12.4 Å². The molecule has 1 saturated carbocycles. The van der Waals surface area contributed by atoms with Crippen LogP contribution in [0.4, 0.5) is 5.95 Å². The molecule has 2 N–H and O–H groups in total. The molecule has 2 fully saturated rings. The SMILES string of the molecule is C[C@@H]1[C@H](n2c(=O)ccc3cnc(NC4CCN(S(C)(=O)=O)CC4)nc32)CC[C@@H]1O. The molecule has 1 aliphatic heterocycles. The highest BCUT2D eigenvalue weighted by atomic mass is 32.2. The Kier molecular flexibility index (Phi) is 5.34. The second kappa shape index (κ2) is 7.66. The maximum absolute atomic E-state index is 12.6. The van der Waals surface area contributed by atoms with Crippen LogP contribution in [0.1, 0.15) is 38.6 Å². The second-order valence-corrected chi connectivity index (χ2v) is 10.1. The van der Waals surface area contributed by atoms with Crippen LogP contribution in [0.2, 0.25) is 0 Å². The van der Waals surface area contributed by atoms with Gasteiger partial charge in [-0.2, -0.15) is 4.98 Å². The van der Waals surface area contributed by atoms with Crippen LogP contribution < -0.4 is 10.9 Å². The molecule has 0 amide bonds. The van der Waals surface area contributed by atoms with E-state index in [1.165, 1.54) is 16.6 Å². The Morgan fingerprint density at radius 3 is 2.52 bits per heavy atom. The zero-order valence-electron chi connectivity index (χ0n) is 16.7. The molecule has 0 radical (unpaired) electrons. The van der Waals surface area contributed by atoms with Gasteiger partial charge in [0.25, 0.3) is 5.56 Å². The maximum Gasteiger partial charge on any atom is 0.252 e. The summed E-state index contributed by atoms with van der Waals surface area (Å²) < 4.78 is 26.5. The molecule has 4 rings (SSSR count). The quantitative estimate of drug-likeness (QED) is 0.755. The number of piperidine rings is 1. The standard InChI is InChI=1S/C19H27N5O4S/c1-12-15(4-5-16(12)25)24-17(26)6-3-13-11-20-19(22-18(13)24)21-14-7-9-23(10-8-14)29(2,27)28/h3,6,11-12,14-16,25H,4-5,7-10H2,1-2H3,(H,20,21,22)/t12-,15-,16+/m1/s1. The number of pyridine rings is 1. The number of fused-ring (bicyclic) bond motifs is 1. The molecule has 0 unspecified atom stereocenters. The summed E-state index contributed by atoms with van der Waals surface area (Å²) in [5.74, 6) is 0.408. The van der Waals surface area contributed by atoms with E-state index in [-0.39, 0.29) is 23.6 Å². The van der Waals surface area contributed by atoms with Gasteiger partial charge in [0.1, 0.15) is 5.65 Å². The van der Waals surface area contributed by atoms with Crippen LogP contribution in [0.25, 0.3) is 11.0 Å². The molecule has 1 saturated heterocycles. The third kappa shape index (κ3) is 4.01. The van der Waals surface area contributed by atoms with E-state index in [1.54, 1.807) is 16.8 Å². The van der Waals surface area contributed by atoms with Crippen LogP contribution in [0.15, 0.2) is 23.1 Å². The second-order valence-electron chi connectivity index (χ2n) is 8.17. The largest absolute Gasteiger partial charge is 0.393 e. The van der Waals surface area contributed by atoms with Gasteiger partial charge in [-0.3, -0.25) is 9.36 Å². The third-order valence-electron chi connectivity index (χ3n) is 6.23. The van der Waals surface area contributed by atoms with Crippen molar-refractivity contribution in [3.63, 3.8) is 0 Å². The number of nitrogens with zero attached hydrogens (tertiary/aromatic N) is 4. The summed E-state index contributed by atoms with van der Waals surface area (Å²) in [5.41, 5.74) is 0.434. The van der Waals surface area contributed by atoms with Crippen LogP contribution in [-0.2, 0) is 10.0 Å². The molecule has 2 aromatic rings. The molecule has 3 heterocycles. The van der Waals surface area contributed by atoms with E-state index in [2.05, 4.69) is 15.3 Å². The van der Waals surface area contributed by atoms with E-state index in [0.717, 1.165) is 11.8 Å². The Balaban J connectivity index is 1.59. The van der Waals surface area contributed by atoms with Crippen molar-refractivity contribution < 1.29 is 13.5 Å². The average Bonchev–Trinajstić information content (AvgIpc) is 3.00. The van der Waals surface area contributed by atoms with Gasteiger partial charge in [-0.25, -0.2) is 17.7 Å². The molecule has 9 nitrogen and oxygen atoms in total. The fourth-order valence-corrected chi connectivity index (χ4v) is 5.30. The number of hydrogen-bond acceptors (Lipinski definition) is 7. The first kappa shape index (κ1) is 20.2. The molecule has 2 aliphatic rings. The van der Waals surface area contributed by atoms with Gasteiger partial charge in [0.15, 0.2) is 0 Å². The van der Waals surface area contributed by atoms with Gasteiger partial charge < -0.3 is 10.4 Å². The number of aromatic nitrogens is 3. The Bertz CT molecular complexity index is 1060. The van der Waals surface area contributed by atoms with Gasteiger partial charge >= 0.3 is 0 Å². The summed E-state index contributed by atoms with van der Waals surface area (Å²) >= 11 is 0. The van der Waals surface area contributed by atoms with E-state index < -0.39 is 16.1 Å². The van der Waals surface area contributed by atoms with Crippen molar-refractivity contribution in [1.82, 2.24) is 18.8 Å². The highest BCUT2D eigenvalue weighted by Gasteiger charge is 2.34. The summed E-state index contributed by atoms with van der Waals surface area (Å²) in [4.78, 5) is 21.7. The summed E-state index contributed by atoms with van der Waals surface area (Å²) in [7, 11) is -3.16. The lowest BCUT2D eigenvalue weighted by atomic mass is 10.0. The van der Waals surface area contributed by atoms with Gasteiger partial charge in [0, 0.05) is 48.7 Å². The minimum atomic E-state index is -3.16. The number of hydrogen-bond donors (Lipinski definition) is 2. The highest BCUT2D eigenvalue weighted by molar-refractivity contribution is 7.88. The smallest absolute Gasteiger partial charge is 0.252 e. The summed E-state index contributed by atoms with van der Waals surface area (Å²) in [6.07, 6.45) is 5.25. The molecule has 0 spiro atoms. The Morgan fingerprint density at radius 1 is 1.17 bits per heavy atom. The number of anilines is 1. The monoisotopic (exact) mass is 421 g/mol. The molecule has 3 atom stereocenters. The number of rotatable bonds is 4. The van der Waals surface area contributed by atoms with Crippen molar-refractivity contribution in [3.8, 4) is 0 Å². The van der Waals surface area contributed by atoms with Crippen LogP contribution >= 0.6 is 0 Å². The van der Waals surface area contributed by atoms with E-state index >= 15 is 0 Å². The lowest BCUT2D eigenvalue weighted by Crippen LogP contribution is -2.42. The van der Waals surface area contributed by atoms with Crippen LogP contribution in [0.3, 0.4) is 0 Å². The van der Waals surface area contributed by atoms with Crippen LogP contribution in [0.5, 0.6) is 0 Å². The normalized spacial score (nSPS) is 26.8. The summed E-state index contributed by atoms with van der Waals surface area (Å²) in [6.45, 7) is 2.89. The molecule has 2 aromatic heterocycles. The molecule has 29 heavy (non-hydrogen) atoms. The third-order valence-corrected chi connectivity index (χ3v) is 7.53. The number of sulfonamides is 1. The minimum Gasteiger partial charge on any atom is -0.393 e. The topological polar surface area (TPSA) is 117 Å². The van der Waals surface area contributed by atoms with E-state index in [9.17, 15) is 18.3 Å². The Morgan fingerprint density at radius 2 is 1.90 bits per heavy atom. The molecular weight excluding hydrogens is 394 g/mol. The van der Waals surface area contributed by atoms with Crippen molar-refractivity contribution in [2.45, 2.75) is 50.8 Å². The molecule has 1 aliphatic carbocycles. The van der Waals surface area contributed by atoms with Crippen molar-refractivity contribution >= 4 is 27.0 Å². The molecule has 158 valence electrons. The lowest BCUT2D eigenvalue weighted by molar-refractivity contribution is 0.129. The van der Waals surface area contributed by atoms with Gasteiger partial charge in [-0.1, -0.05) is 6.92 Å². The van der Waals surface area contributed by atoms with E-state index in [0.29, 0.717) is 43.9 Å². The number of aliphatic hydroxyl groups excluding tert-OH is 1. The molecule has 10 heteroatoms. The molecule has 0 aromatic carbocycles. The fourth-order valence-electron chi connectivity index (χ4n) is 4.43. The first-order valence-electron chi connectivity index (χ1n) is 10.0. The predicted octanol–water partition coefficient (Wildman–Crippen LogP) is 0.959. The van der Waals surface area contributed by atoms with Gasteiger partial charge in [-0.15, -0.1) is 0 Å². The zero-order chi connectivity index (χ0) is 20.8. The molecule has 0 bridgehead atoms. The maximum atomic E-state index is 12.6. The predicted molar refractivity (Wildman–Crippen MR) is 110 cm³/mol. The van der Waals surface area contributed by atoms with E-state index in [4.69, 9.17) is 0 Å². The van der Waals surface area contributed by atoms with Crippen molar-refractivity contribution in [3.05, 3.63) is 28.7 Å². The van der Waals surface area contributed by atoms with Crippen molar-refractivity contribution in [1.29, 1.82) is 0 Å². The number of aliphatic hydroxyl groups is 1.